The summed E-state index contributed by atoms with van der Waals surface area (Å²) in [7, 11) is 0. The van der Waals surface area contributed by atoms with Crippen LogP contribution < -0.4 is 5.32 Å². The molecular weight excluding hydrogens is 294 g/mol. The van der Waals surface area contributed by atoms with E-state index in [-0.39, 0.29) is 0 Å². The molecule has 18 heavy (non-hydrogen) atoms. The van der Waals surface area contributed by atoms with Gasteiger partial charge in [0.2, 0.25) is 0 Å². The van der Waals surface area contributed by atoms with Crippen molar-refractivity contribution in [2.45, 2.75) is 25.3 Å². The van der Waals surface area contributed by atoms with Crippen LogP contribution in [0.25, 0.3) is 5.69 Å². The molecule has 1 aliphatic rings. The van der Waals surface area contributed by atoms with Crippen LogP contribution in [0.4, 0.5) is 0 Å². The van der Waals surface area contributed by atoms with Crippen LogP contribution in [-0.4, -0.2) is 32.8 Å². The number of nitrogens with zero attached hydrogens (tertiary/aromatic N) is 4. The molecule has 0 radical (unpaired) electrons. The lowest BCUT2D eigenvalue weighted by atomic mass is 10.1. The summed E-state index contributed by atoms with van der Waals surface area (Å²) in [4.78, 5) is 0. The molecule has 1 aromatic carbocycles. The third-order valence-electron chi connectivity index (χ3n) is 3.18. The standard InChI is InChI=1S/C12H14BrN5/c13-9-3-1-5-11(7-9)18-12(15-16-17-18)8-10-4-2-6-14-10/h1,3,5,7,10,14H,2,4,6,8H2. The molecule has 1 aliphatic heterocycles. The Hall–Kier alpha value is -1.27. The smallest absolute Gasteiger partial charge is 0.158 e. The monoisotopic (exact) mass is 307 g/mol. The van der Waals surface area contributed by atoms with Crippen LogP contribution in [-0.2, 0) is 6.42 Å². The van der Waals surface area contributed by atoms with Crippen LogP contribution in [0.15, 0.2) is 28.7 Å². The van der Waals surface area contributed by atoms with Crippen LogP contribution in [0.3, 0.4) is 0 Å². The van der Waals surface area contributed by atoms with Crippen LogP contribution in [0, 0.1) is 0 Å². The highest BCUT2D eigenvalue weighted by molar-refractivity contribution is 9.10. The first-order valence-corrected chi connectivity index (χ1v) is 6.89. The molecular formula is C12H14BrN5. The van der Waals surface area contributed by atoms with Crippen LogP contribution in [0.1, 0.15) is 18.7 Å². The summed E-state index contributed by atoms with van der Waals surface area (Å²) in [5.41, 5.74) is 0.988. The number of nitrogens with one attached hydrogen (secondary N) is 1. The topological polar surface area (TPSA) is 55.6 Å². The third kappa shape index (κ3) is 2.44. The van der Waals surface area contributed by atoms with E-state index in [9.17, 15) is 0 Å². The number of hydrogen-bond donors (Lipinski definition) is 1. The van der Waals surface area contributed by atoms with Crippen molar-refractivity contribution in [1.29, 1.82) is 0 Å². The van der Waals surface area contributed by atoms with Gasteiger partial charge in [-0.25, -0.2) is 0 Å². The van der Waals surface area contributed by atoms with E-state index in [2.05, 4.69) is 36.8 Å². The Kier molecular flexibility index (Phi) is 3.38. The van der Waals surface area contributed by atoms with Crippen molar-refractivity contribution in [2.24, 2.45) is 0 Å². The van der Waals surface area contributed by atoms with Gasteiger partial charge in [0, 0.05) is 16.9 Å². The van der Waals surface area contributed by atoms with Gasteiger partial charge in [0.1, 0.15) is 0 Å². The highest BCUT2D eigenvalue weighted by Crippen LogP contribution is 2.17. The van der Waals surface area contributed by atoms with Gasteiger partial charge in [0.15, 0.2) is 5.82 Å². The van der Waals surface area contributed by atoms with E-state index in [4.69, 9.17) is 0 Å². The maximum atomic E-state index is 4.13. The molecule has 0 aliphatic carbocycles. The molecule has 0 saturated carbocycles. The molecule has 94 valence electrons. The fourth-order valence-corrected chi connectivity index (χ4v) is 2.68. The summed E-state index contributed by atoms with van der Waals surface area (Å²) in [5.74, 6) is 0.910. The van der Waals surface area contributed by atoms with E-state index in [0.717, 1.165) is 29.0 Å². The van der Waals surface area contributed by atoms with Gasteiger partial charge < -0.3 is 5.32 Å². The molecule has 0 bridgehead atoms. The second-order valence-corrected chi connectivity index (χ2v) is 5.40. The quantitative estimate of drug-likeness (QED) is 0.938. The predicted octanol–water partition coefficient (Wildman–Crippen LogP) is 1.72. The normalized spacial score (nSPS) is 19.3. The zero-order valence-electron chi connectivity index (χ0n) is 9.88. The van der Waals surface area contributed by atoms with Crippen molar-refractivity contribution in [1.82, 2.24) is 25.5 Å². The first kappa shape index (κ1) is 11.8. The van der Waals surface area contributed by atoms with Crippen molar-refractivity contribution in [3.05, 3.63) is 34.6 Å². The SMILES string of the molecule is Brc1cccc(-n2nnnc2CC2CCCN2)c1. The van der Waals surface area contributed by atoms with Gasteiger partial charge >= 0.3 is 0 Å². The average Bonchev–Trinajstić information content (AvgIpc) is 3.01. The Morgan fingerprint density at radius 2 is 2.39 bits per heavy atom. The fraction of sp³-hybridized carbons (Fsp3) is 0.417. The second-order valence-electron chi connectivity index (χ2n) is 4.48. The van der Waals surface area contributed by atoms with Gasteiger partial charge in [-0.1, -0.05) is 22.0 Å². The number of hydrogen-bond acceptors (Lipinski definition) is 4. The van der Waals surface area contributed by atoms with Crippen LogP contribution in [0.5, 0.6) is 0 Å². The average molecular weight is 308 g/mol. The summed E-state index contributed by atoms with van der Waals surface area (Å²) in [5, 5.41) is 15.5. The van der Waals surface area contributed by atoms with Gasteiger partial charge in [-0.15, -0.1) is 5.10 Å². The lowest BCUT2D eigenvalue weighted by Gasteiger charge is -2.09. The van der Waals surface area contributed by atoms with E-state index in [1.807, 2.05) is 28.9 Å². The Balaban J connectivity index is 1.86. The van der Waals surface area contributed by atoms with Crippen molar-refractivity contribution < 1.29 is 0 Å². The Morgan fingerprint density at radius 1 is 1.44 bits per heavy atom. The highest BCUT2D eigenvalue weighted by atomic mass is 79.9. The van der Waals surface area contributed by atoms with E-state index in [0.29, 0.717) is 6.04 Å². The number of aromatic nitrogens is 4. The Morgan fingerprint density at radius 3 is 3.17 bits per heavy atom. The van der Waals surface area contributed by atoms with Gasteiger partial charge in [-0.05, 0) is 48.0 Å². The van der Waals surface area contributed by atoms with Crippen LogP contribution in [0.2, 0.25) is 0 Å². The van der Waals surface area contributed by atoms with Gasteiger partial charge in [0.05, 0.1) is 5.69 Å². The molecule has 1 unspecified atom stereocenters. The molecule has 3 rings (SSSR count). The predicted molar refractivity (Wildman–Crippen MR) is 71.6 cm³/mol. The number of rotatable bonds is 3. The molecule has 0 amide bonds. The largest absolute Gasteiger partial charge is 0.314 e. The van der Waals surface area contributed by atoms with Gasteiger partial charge in [-0.3, -0.25) is 0 Å². The van der Waals surface area contributed by atoms with Crippen molar-refractivity contribution in [3.8, 4) is 5.69 Å². The number of halogens is 1. The fourth-order valence-electron chi connectivity index (χ4n) is 2.29. The van der Waals surface area contributed by atoms with Crippen molar-refractivity contribution in [2.75, 3.05) is 6.54 Å². The third-order valence-corrected chi connectivity index (χ3v) is 3.67. The Bertz CT molecular complexity index is 533. The molecule has 1 fully saturated rings. The molecule has 6 heteroatoms. The van der Waals surface area contributed by atoms with Crippen LogP contribution >= 0.6 is 15.9 Å². The Labute approximate surface area is 114 Å². The first-order valence-electron chi connectivity index (χ1n) is 6.09. The summed E-state index contributed by atoms with van der Waals surface area (Å²) in [6.45, 7) is 1.10. The zero-order chi connectivity index (χ0) is 12.4. The highest BCUT2D eigenvalue weighted by Gasteiger charge is 2.18. The molecule has 1 aromatic heterocycles. The van der Waals surface area contributed by atoms with E-state index >= 15 is 0 Å². The molecule has 5 nitrogen and oxygen atoms in total. The zero-order valence-corrected chi connectivity index (χ0v) is 11.5. The maximum Gasteiger partial charge on any atom is 0.158 e. The molecule has 2 heterocycles. The number of benzene rings is 1. The summed E-state index contributed by atoms with van der Waals surface area (Å²) in [6, 6.07) is 8.50. The lowest BCUT2D eigenvalue weighted by Crippen LogP contribution is -2.25. The molecule has 1 atom stereocenters. The summed E-state index contributed by atoms with van der Waals surface area (Å²) < 4.78 is 2.84. The van der Waals surface area contributed by atoms with Crippen molar-refractivity contribution in [3.63, 3.8) is 0 Å². The van der Waals surface area contributed by atoms with E-state index in [1.54, 1.807) is 0 Å². The molecule has 0 spiro atoms. The minimum Gasteiger partial charge on any atom is -0.314 e. The molecule has 1 saturated heterocycles. The summed E-state index contributed by atoms with van der Waals surface area (Å²) >= 11 is 3.47. The van der Waals surface area contributed by atoms with Gasteiger partial charge in [-0.2, -0.15) is 4.68 Å². The lowest BCUT2D eigenvalue weighted by molar-refractivity contribution is 0.575. The first-order chi connectivity index (χ1) is 8.83. The molecule has 1 N–H and O–H groups in total. The minimum absolute atomic E-state index is 0.502. The number of tetrazole rings is 1. The van der Waals surface area contributed by atoms with E-state index < -0.39 is 0 Å². The van der Waals surface area contributed by atoms with Gasteiger partial charge in [0.25, 0.3) is 0 Å². The van der Waals surface area contributed by atoms with Crippen molar-refractivity contribution >= 4 is 15.9 Å². The maximum absolute atomic E-state index is 4.13. The second kappa shape index (κ2) is 5.16. The summed E-state index contributed by atoms with van der Waals surface area (Å²) in [6.07, 6.45) is 3.31. The molecule has 2 aromatic rings. The van der Waals surface area contributed by atoms with E-state index in [1.165, 1.54) is 12.8 Å². The minimum atomic E-state index is 0.502.